The Bertz CT molecular complexity index is 552. The second-order valence-electron chi connectivity index (χ2n) is 4.62. The number of hydrogen-bond donors (Lipinski definition) is 3. The van der Waals surface area contributed by atoms with Crippen LogP contribution in [0, 0.1) is 0 Å². The van der Waals surface area contributed by atoms with E-state index in [-0.39, 0.29) is 0 Å². The average Bonchev–Trinajstić information content (AvgIpc) is 3.30. The summed E-state index contributed by atoms with van der Waals surface area (Å²) in [6.07, 6.45) is 5.88. The van der Waals surface area contributed by atoms with Crippen LogP contribution in [0.15, 0.2) is 30.6 Å². The minimum Gasteiger partial charge on any atom is -0.366 e. The first kappa shape index (κ1) is 11.9. The molecular formula is C13H16N6. The van der Waals surface area contributed by atoms with Gasteiger partial charge in [-0.2, -0.15) is 0 Å². The van der Waals surface area contributed by atoms with Crippen LogP contribution in [-0.4, -0.2) is 15.0 Å². The Balaban J connectivity index is 1.74. The van der Waals surface area contributed by atoms with Crippen molar-refractivity contribution in [3.63, 3.8) is 0 Å². The van der Waals surface area contributed by atoms with Gasteiger partial charge in [-0.05, 0) is 30.5 Å². The van der Waals surface area contributed by atoms with Gasteiger partial charge in [-0.3, -0.25) is 4.98 Å². The summed E-state index contributed by atoms with van der Waals surface area (Å²) >= 11 is 0. The maximum Gasteiger partial charge on any atom is 0.145 e. The van der Waals surface area contributed by atoms with Crippen LogP contribution < -0.4 is 16.6 Å². The molecule has 3 rings (SSSR count). The second-order valence-corrected chi connectivity index (χ2v) is 4.62. The normalized spacial score (nSPS) is 14.2. The number of rotatable bonds is 5. The Hall–Kier alpha value is -2.21. The monoisotopic (exact) mass is 256 g/mol. The summed E-state index contributed by atoms with van der Waals surface area (Å²) in [7, 11) is 0. The van der Waals surface area contributed by atoms with E-state index in [9.17, 15) is 0 Å². The van der Waals surface area contributed by atoms with Gasteiger partial charge < -0.3 is 10.7 Å². The van der Waals surface area contributed by atoms with E-state index in [1.807, 2.05) is 18.2 Å². The van der Waals surface area contributed by atoms with E-state index in [1.165, 1.54) is 0 Å². The van der Waals surface area contributed by atoms with Gasteiger partial charge in [-0.25, -0.2) is 15.8 Å². The maximum atomic E-state index is 5.44. The molecule has 0 aromatic carbocycles. The maximum absolute atomic E-state index is 5.44. The molecular weight excluding hydrogens is 240 g/mol. The molecule has 98 valence electrons. The number of nitrogens with two attached hydrogens (primary N) is 1. The van der Waals surface area contributed by atoms with E-state index in [0.29, 0.717) is 18.3 Å². The molecule has 0 saturated heterocycles. The van der Waals surface area contributed by atoms with Crippen molar-refractivity contribution < 1.29 is 0 Å². The summed E-state index contributed by atoms with van der Waals surface area (Å²) in [4.78, 5) is 12.9. The van der Waals surface area contributed by atoms with Crippen molar-refractivity contribution in [3.8, 4) is 0 Å². The molecule has 4 N–H and O–H groups in total. The summed E-state index contributed by atoms with van der Waals surface area (Å²) in [6.45, 7) is 0.702. The molecule has 1 aliphatic rings. The molecule has 2 aromatic rings. The highest BCUT2D eigenvalue weighted by atomic mass is 15.3. The van der Waals surface area contributed by atoms with Crippen LogP contribution in [-0.2, 0) is 6.54 Å². The van der Waals surface area contributed by atoms with Gasteiger partial charge in [0, 0.05) is 30.9 Å². The van der Waals surface area contributed by atoms with Crippen LogP contribution >= 0.6 is 0 Å². The van der Waals surface area contributed by atoms with E-state index in [2.05, 4.69) is 25.7 Å². The third-order valence-corrected chi connectivity index (χ3v) is 3.06. The molecule has 6 nitrogen and oxygen atoms in total. The zero-order valence-electron chi connectivity index (χ0n) is 10.5. The molecule has 19 heavy (non-hydrogen) atoms. The SMILES string of the molecule is NNc1cc(NCc2ccncc2)nc(C2CC2)n1. The van der Waals surface area contributed by atoms with Gasteiger partial charge in [0.15, 0.2) is 0 Å². The van der Waals surface area contributed by atoms with Gasteiger partial charge in [0.05, 0.1) is 0 Å². The summed E-state index contributed by atoms with van der Waals surface area (Å²) in [6, 6.07) is 5.75. The number of aromatic nitrogens is 3. The van der Waals surface area contributed by atoms with E-state index >= 15 is 0 Å². The van der Waals surface area contributed by atoms with Crippen LogP contribution in [0.1, 0.15) is 30.1 Å². The topological polar surface area (TPSA) is 88.8 Å². The van der Waals surface area contributed by atoms with Crippen LogP contribution in [0.3, 0.4) is 0 Å². The third-order valence-electron chi connectivity index (χ3n) is 3.06. The Morgan fingerprint density at radius 1 is 1.16 bits per heavy atom. The first-order valence-corrected chi connectivity index (χ1v) is 6.33. The lowest BCUT2D eigenvalue weighted by atomic mass is 10.3. The van der Waals surface area contributed by atoms with Crippen LogP contribution in [0.5, 0.6) is 0 Å². The number of nitrogens with zero attached hydrogens (tertiary/aromatic N) is 3. The first-order valence-electron chi connectivity index (χ1n) is 6.33. The fraction of sp³-hybridized carbons (Fsp3) is 0.308. The standard InChI is InChI=1S/C13H16N6/c14-19-12-7-11(17-13(18-12)10-1-2-10)16-8-9-3-5-15-6-4-9/h3-7,10H,1-2,8,14H2,(H2,16,17,18,19). The Labute approximate surface area is 111 Å². The Morgan fingerprint density at radius 2 is 1.89 bits per heavy atom. The minimum absolute atomic E-state index is 0.495. The molecule has 0 unspecified atom stereocenters. The summed E-state index contributed by atoms with van der Waals surface area (Å²) < 4.78 is 0. The minimum atomic E-state index is 0.495. The molecule has 0 spiro atoms. The molecule has 0 atom stereocenters. The van der Waals surface area contributed by atoms with E-state index in [1.54, 1.807) is 12.4 Å². The van der Waals surface area contributed by atoms with Crippen molar-refractivity contribution in [2.75, 3.05) is 10.7 Å². The molecule has 0 radical (unpaired) electrons. The van der Waals surface area contributed by atoms with Gasteiger partial charge >= 0.3 is 0 Å². The number of hydrogen-bond acceptors (Lipinski definition) is 6. The molecule has 0 amide bonds. The molecule has 0 aliphatic heterocycles. The number of pyridine rings is 1. The number of hydrazine groups is 1. The number of anilines is 2. The van der Waals surface area contributed by atoms with Crippen molar-refractivity contribution in [3.05, 3.63) is 42.0 Å². The lowest BCUT2D eigenvalue weighted by Gasteiger charge is -2.09. The molecule has 2 aromatic heterocycles. The lowest BCUT2D eigenvalue weighted by Crippen LogP contribution is -2.12. The van der Waals surface area contributed by atoms with Crippen LogP contribution in [0.25, 0.3) is 0 Å². The predicted octanol–water partition coefficient (Wildman–Crippen LogP) is 1.65. The largest absolute Gasteiger partial charge is 0.366 e. The highest BCUT2D eigenvalue weighted by molar-refractivity contribution is 5.47. The summed E-state index contributed by atoms with van der Waals surface area (Å²) in [5, 5.41) is 3.28. The Kier molecular flexibility index (Phi) is 3.24. The quantitative estimate of drug-likeness (QED) is 0.557. The van der Waals surface area contributed by atoms with Gasteiger partial charge in [-0.15, -0.1) is 0 Å². The van der Waals surface area contributed by atoms with E-state index in [4.69, 9.17) is 5.84 Å². The second kappa shape index (κ2) is 5.19. The summed E-state index contributed by atoms with van der Waals surface area (Å²) in [5.74, 6) is 8.24. The first-order chi connectivity index (χ1) is 9.35. The Morgan fingerprint density at radius 3 is 2.58 bits per heavy atom. The highest BCUT2D eigenvalue weighted by Gasteiger charge is 2.27. The molecule has 1 saturated carbocycles. The molecule has 2 heterocycles. The van der Waals surface area contributed by atoms with Gasteiger partial charge in [0.1, 0.15) is 17.5 Å². The van der Waals surface area contributed by atoms with Crippen molar-refractivity contribution in [1.82, 2.24) is 15.0 Å². The smallest absolute Gasteiger partial charge is 0.145 e. The molecule has 1 fully saturated rings. The third kappa shape index (κ3) is 2.97. The van der Waals surface area contributed by atoms with Crippen molar-refractivity contribution in [2.45, 2.75) is 25.3 Å². The fourth-order valence-electron chi connectivity index (χ4n) is 1.85. The number of nitrogen functional groups attached to an aromatic ring is 1. The lowest BCUT2D eigenvalue weighted by molar-refractivity contribution is 0.919. The van der Waals surface area contributed by atoms with Crippen LogP contribution in [0.4, 0.5) is 11.6 Å². The van der Waals surface area contributed by atoms with E-state index < -0.39 is 0 Å². The van der Waals surface area contributed by atoms with Crippen LogP contribution in [0.2, 0.25) is 0 Å². The molecule has 6 heteroatoms. The molecule has 1 aliphatic carbocycles. The van der Waals surface area contributed by atoms with Crippen molar-refractivity contribution in [2.24, 2.45) is 5.84 Å². The highest BCUT2D eigenvalue weighted by Crippen LogP contribution is 2.38. The summed E-state index contributed by atoms with van der Waals surface area (Å²) in [5.41, 5.74) is 3.74. The van der Waals surface area contributed by atoms with Crippen molar-refractivity contribution >= 4 is 11.6 Å². The fourth-order valence-corrected chi connectivity index (χ4v) is 1.85. The zero-order valence-corrected chi connectivity index (χ0v) is 10.5. The number of nitrogens with one attached hydrogen (secondary N) is 2. The molecule has 0 bridgehead atoms. The zero-order chi connectivity index (χ0) is 13.1. The average molecular weight is 256 g/mol. The van der Waals surface area contributed by atoms with Gasteiger partial charge in [0.2, 0.25) is 0 Å². The van der Waals surface area contributed by atoms with Gasteiger partial charge in [-0.1, -0.05) is 0 Å². The predicted molar refractivity (Wildman–Crippen MR) is 73.4 cm³/mol. The van der Waals surface area contributed by atoms with Crippen molar-refractivity contribution in [1.29, 1.82) is 0 Å². The van der Waals surface area contributed by atoms with Gasteiger partial charge in [0.25, 0.3) is 0 Å². The van der Waals surface area contributed by atoms with E-state index in [0.717, 1.165) is 30.0 Å².